The molecular weight excluding hydrogens is 1240 g/mol. The predicted octanol–water partition coefficient (Wildman–Crippen LogP) is 19.7. The van der Waals surface area contributed by atoms with Crippen LogP contribution in [0.4, 0.5) is 34.1 Å². The Morgan fingerprint density at radius 2 is 0.673 bits per heavy atom. The largest absolute Gasteiger partial charge is 0.457 e. The number of fused-ring (bicyclic) bond motifs is 8. The van der Waals surface area contributed by atoms with Crippen molar-refractivity contribution in [3.63, 3.8) is 0 Å². The van der Waals surface area contributed by atoms with Gasteiger partial charge in [0.05, 0.1) is 5.41 Å². The molecule has 6 heteroatoms. The fraction of sp³-hybridized carbons (Fsp3) is 0.0526. The van der Waals surface area contributed by atoms with Crippen molar-refractivity contribution in [3.8, 4) is 67.5 Å². The molecule has 0 fully saturated rings. The third-order valence-corrected chi connectivity index (χ3v) is 26.4. The third kappa shape index (κ3) is 9.57. The van der Waals surface area contributed by atoms with Gasteiger partial charge in [0.15, 0.2) is 8.07 Å². The molecule has 0 bridgehead atoms. The Kier molecular flexibility index (Phi) is 14.1. The molecule has 0 N–H and O–H groups in total. The number of hydrogen-bond acceptors (Lipinski definition) is 4. The van der Waals surface area contributed by atoms with E-state index < -0.39 is 13.5 Å². The summed E-state index contributed by atoms with van der Waals surface area (Å²) in [4.78, 5) is 5.23. The van der Waals surface area contributed by atoms with E-state index in [0.29, 0.717) is 0 Å². The van der Waals surface area contributed by atoms with E-state index in [1.807, 2.05) is 0 Å². The first kappa shape index (κ1) is 60.0. The van der Waals surface area contributed by atoms with Crippen LogP contribution < -0.4 is 56.4 Å². The zero-order chi connectivity index (χ0) is 67.4. The molecule has 15 aromatic rings. The van der Waals surface area contributed by atoms with Gasteiger partial charge in [0.25, 0.3) is 6.71 Å². The Morgan fingerprint density at radius 3 is 1.13 bits per heavy atom. The van der Waals surface area contributed by atoms with Crippen molar-refractivity contribution in [2.45, 2.75) is 31.6 Å². The topological polar surface area (TPSA) is 24.9 Å². The number of anilines is 6. The quantitative estimate of drug-likeness (QED) is 0.127. The van der Waals surface area contributed by atoms with E-state index in [0.717, 1.165) is 124 Å². The SMILES string of the molecule is CC(C)(C)c1cc2c3c(c1)N(c1cc(-c4ccccc4)cc(-c4ccccc4)c1)c1cc4c(cc1B3c1cc3c(cc1N2c1cc(-c2ccccc2)cc(-c2ccccc2)c1)Oc1ccccc1C3(c1ccccc1)c1ccccc1)[Si](c1ccccc1)(c1ccccc1)c1ccccc1O4. The molecule has 0 saturated carbocycles. The van der Waals surface area contributed by atoms with E-state index in [-0.39, 0.29) is 12.1 Å². The lowest BCUT2D eigenvalue weighted by atomic mass is 9.33. The first-order valence-corrected chi connectivity index (χ1v) is 37.1. The molecule has 15 aromatic carbocycles. The maximum absolute atomic E-state index is 7.64. The summed E-state index contributed by atoms with van der Waals surface area (Å²) in [5.74, 6) is 3.37. The van der Waals surface area contributed by atoms with Gasteiger partial charge in [0.2, 0.25) is 0 Å². The summed E-state index contributed by atoms with van der Waals surface area (Å²) in [5, 5.41) is 5.01. The molecule has 0 spiro atoms. The maximum Gasteiger partial charge on any atom is 0.252 e. The maximum atomic E-state index is 7.64. The normalized spacial score (nSPS) is 14.0. The van der Waals surface area contributed by atoms with E-state index >= 15 is 0 Å². The van der Waals surface area contributed by atoms with Crippen LogP contribution in [0.3, 0.4) is 0 Å². The van der Waals surface area contributed by atoms with Crippen LogP contribution in [-0.4, -0.2) is 14.8 Å². The molecule has 0 saturated heterocycles. The smallest absolute Gasteiger partial charge is 0.252 e. The summed E-state index contributed by atoms with van der Waals surface area (Å²) in [6.45, 7) is 6.72. The molecule has 4 heterocycles. The number of para-hydroxylation sites is 2. The van der Waals surface area contributed by atoms with Crippen LogP contribution in [0, 0.1) is 0 Å². The van der Waals surface area contributed by atoms with Crippen molar-refractivity contribution < 1.29 is 9.47 Å². The van der Waals surface area contributed by atoms with Crippen molar-refractivity contribution >= 4 is 86.0 Å². The van der Waals surface area contributed by atoms with Crippen molar-refractivity contribution in [2.24, 2.45) is 0 Å². The van der Waals surface area contributed by atoms with Gasteiger partial charge in [-0.25, -0.2) is 0 Å². The monoisotopic (exact) mass is 1310 g/mol. The molecule has 4 nitrogen and oxygen atoms in total. The van der Waals surface area contributed by atoms with Crippen molar-refractivity contribution in [2.75, 3.05) is 9.80 Å². The van der Waals surface area contributed by atoms with E-state index in [4.69, 9.17) is 9.47 Å². The molecule has 0 atom stereocenters. The fourth-order valence-electron chi connectivity index (χ4n) is 17.1. The van der Waals surface area contributed by atoms with Crippen LogP contribution >= 0.6 is 0 Å². The highest BCUT2D eigenvalue weighted by molar-refractivity contribution is 7.21. The highest BCUT2D eigenvalue weighted by Gasteiger charge is 2.53. The molecule has 0 amide bonds. The van der Waals surface area contributed by atoms with Gasteiger partial charge in [0.1, 0.15) is 23.0 Å². The minimum atomic E-state index is -3.29. The minimum Gasteiger partial charge on any atom is -0.457 e. The molecule has 0 unspecified atom stereocenters. The summed E-state index contributed by atoms with van der Waals surface area (Å²) >= 11 is 0. The summed E-state index contributed by atoms with van der Waals surface area (Å²) in [7, 11) is -3.29. The van der Waals surface area contributed by atoms with Crippen LogP contribution in [0.2, 0.25) is 0 Å². The van der Waals surface area contributed by atoms with Crippen LogP contribution in [0.1, 0.15) is 48.6 Å². The molecule has 4 aliphatic rings. The lowest BCUT2D eigenvalue weighted by Crippen LogP contribution is -2.77. The van der Waals surface area contributed by atoms with Gasteiger partial charge in [-0.15, -0.1) is 0 Å². The Labute approximate surface area is 592 Å². The third-order valence-electron chi connectivity index (χ3n) is 21.6. The Hall–Kier alpha value is -12.2. The van der Waals surface area contributed by atoms with Crippen LogP contribution in [-0.2, 0) is 10.8 Å². The standard InChI is InChI=1S/C95H69BN2O2Si/c1-94(2,3)74-58-85-93-86(59-74)98(76-56-70(66-36-16-6-17-37-66)53-71(57-76)67-38-18-7-19-39-67)84-63-90-92(101(77-44-24-10-25-45-77,78-46-26-11-27-47-78)91-51-31-30-50-88(91)100-90)61-82(84)96(93)81-60-80-89(99-87-49-29-28-48-79(87)95(80,72-40-20-8-21-41-72)73-42-22-9-23-43-73)62-83(81)97(85)75-54-68(64-32-12-4-13-33-64)52-69(55-75)65-34-14-5-15-35-65/h4-63H,1-3H3. The van der Waals surface area contributed by atoms with Gasteiger partial charge >= 0.3 is 0 Å². The van der Waals surface area contributed by atoms with Crippen LogP contribution in [0.5, 0.6) is 23.0 Å². The summed E-state index contributed by atoms with van der Waals surface area (Å²) < 4.78 is 15.3. The number of benzene rings is 15. The van der Waals surface area contributed by atoms with E-state index in [2.05, 4.69) is 395 Å². The first-order chi connectivity index (χ1) is 49.7. The highest BCUT2D eigenvalue weighted by atomic mass is 28.3. The van der Waals surface area contributed by atoms with E-state index in [9.17, 15) is 0 Å². The molecule has 478 valence electrons. The predicted molar refractivity (Wildman–Crippen MR) is 423 cm³/mol. The highest BCUT2D eigenvalue weighted by Crippen LogP contribution is 2.58. The van der Waals surface area contributed by atoms with Gasteiger partial charge in [-0.05, 0) is 164 Å². The average Bonchev–Trinajstić information content (AvgIpc) is 0.695. The number of ether oxygens (including phenoxy) is 2. The van der Waals surface area contributed by atoms with Gasteiger partial charge < -0.3 is 19.3 Å². The Balaban J connectivity index is 1.00. The molecule has 4 aliphatic heterocycles. The Morgan fingerprint density at radius 1 is 0.297 bits per heavy atom. The van der Waals surface area contributed by atoms with Gasteiger partial charge in [0, 0.05) is 57.4 Å². The summed E-state index contributed by atoms with van der Waals surface area (Å²) in [6, 6.07) is 136. The zero-order valence-corrected chi connectivity index (χ0v) is 57.4. The second kappa shape index (κ2) is 23.8. The zero-order valence-electron chi connectivity index (χ0n) is 56.4. The summed E-state index contributed by atoms with van der Waals surface area (Å²) in [5.41, 5.74) is 23.5. The van der Waals surface area contributed by atoms with Gasteiger partial charge in [-0.3, -0.25) is 0 Å². The molecule has 101 heavy (non-hydrogen) atoms. The molecule has 0 radical (unpaired) electrons. The lowest BCUT2D eigenvalue weighted by Gasteiger charge is -2.48. The fourth-order valence-corrected chi connectivity index (χ4v) is 22.0. The second-order valence-corrected chi connectivity index (χ2v) is 32.0. The molecule has 0 aromatic heterocycles. The van der Waals surface area contributed by atoms with Gasteiger partial charge in [-0.2, -0.15) is 0 Å². The second-order valence-electron chi connectivity index (χ2n) is 28.3. The Bertz CT molecular complexity index is 5160. The van der Waals surface area contributed by atoms with E-state index in [1.54, 1.807) is 0 Å². The minimum absolute atomic E-state index is 0.325. The molecule has 0 aliphatic carbocycles. The van der Waals surface area contributed by atoms with Crippen molar-refractivity contribution in [1.29, 1.82) is 0 Å². The van der Waals surface area contributed by atoms with Crippen LogP contribution in [0.25, 0.3) is 44.5 Å². The van der Waals surface area contributed by atoms with Crippen molar-refractivity contribution in [1.82, 2.24) is 0 Å². The number of rotatable bonds is 10. The molecule has 19 rings (SSSR count). The molecular formula is C95H69BN2O2Si. The number of nitrogens with zero attached hydrogens (tertiary/aromatic N) is 2. The van der Waals surface area contributed by atoms with Crippen LogP contribution in [0.15, 0.2) is 364 Å². The van der Waals surface area contributed by atoms with Gasteiger partial charge in [-0.1, -0.05) is 312 Å². The first-order valence-electron chi connectivity index (χ1n) is 35.1. The average molecular weight is 1310 g/mol. The van der Waals surface area contributed by atoms with Crippen molar-refractivity contribution in [3.05, 3.63) is 392 Å². The lowest BCUT2D eigenvalue weighted by molar-refractivity contribution is 0.435. The number of hydrogen-bond donors (Lipinski definition) is 0. The van der Waals surface area contributed by atoms with E-state index in [1.165, 1.54) is 42.7 Å². The summed E-state index contributed by atoms with van der Waals surface area (Å²) in [6.07, 6.45) is 0.